The van der Waals surface area contributed by atoms with E-state index in [4.69, 9.17) is 23.8 Å². The maximum Gasteiger partial charge on any atom is 0.408 e. The summed E-state index contributed by atoms with van der Waals surface area (Å²) in [6.07, 6.45) is 0.0503. The van der Waals surface area contributed by atoms with Gasteiger partial charge in [-0.05, 0) is 56.7 Å². The van der Waals surface area contributed by atoms with Crippen molar-refractivity contribution < 1.29 is 43.0 Å². The molecule has 0 saturated carbocycles. The molecule has 2 atom stereocenters. The number of alkyl carbamates (subject to hydrolysis) is 1. The quantitative estimate of drug-likeness (QED) is 0.190. The van der Waals surface area contributed by atoms with Crippen LogP contribution in [0.5, 0.6) is 0 Å². The standard InChI is InChI=1S/C34H40N2O7.CO2/c1-34(2,3)43-33(40)36-28(20-19-25-13-7-4-8-14-25)31(38)35-29(32(39)42-24-27-17-11-6-12-18-27)21-22-30(37)41-23-26-15-9-5-10-16-26;2-1-3/h4-18,28-29H,19-24H2,1-3H3,(H,35,38)(H,36,40);. The Balaban J connectivity index is 0.00000236. The number of carbonyl (C=O) groups excluding carboxylic acids is 6. The monoisotopic (exact) mass is 632 g/mol. The van der Waals surface area contributed by atoms with Gasteiger partial charge in [0.2, 0.25) is 5.91 Å². The first-order valence-electron chi connectivity index (χ1n) is 14.7. The van der Waals surface area contributed by atoms with Crippen molar-refractivity contribution in [2.75, 3.05) is 0 Å². The van der Waals surface area contributed by atoms with Crippen molar-refractivity contribution in [3.8, 4) is 0 Å². The molecule has 0 bridgehead atoms. The summed E-state index contributed by atoms with van der Waals surface area (Å²) in [6.45, 7) is 5.26. The average molecular weight is 633 g/mol. The lowest BCUT2D eigenvalue weighted by Gasteiger charge is -2.25. The summed E-state index contributed by atoms with van der Waals surface area (Å²) in [5, 5.41) is 5.33. The normalized spacial score (nSPS) is 11.7. The Hall–Kier alpha value is -5.28. The first-order valence-corrected chi connectivity index (χ1v) is 14.7. The minimum Gasteiger partial charge on any atom is -0.461 e. The van der Waals surface area contributed by atoms with Gasteiger partial charge in [-0.15, -0.1) is 0 Å². The van der Waals surface area contributed by atoms with Crippen molar-refractivity contribution in [1.82, 2.24) is 10.6 Å². The molecule has 11 heteroatoms. The largest absolute Gasteiger partial charge is 0.461 e. The summed E-state index contributed by atoms with van der Waals surface area (Å²) in [5.41, 5.74) is 1.81. The van der Waals surface area contributed by atoms with Crippen LogP contribution in [-0.4, -0.2) is 47.8 Å². The molecular formula is C35H40N2O9. The van der Waals surface area contributed by atoms with Crippen LogP contribution in [-0.2, 0) is 57.8 Å². The highest BCUT2D eigenvalue weighted by Crippen LogP contribution is 2.12. The number of nitrogens with one attached hydrogen (secondary N) is 2. The Labute approximate surface area is 268 Å². The number of esters is 2. The van der Waals surface area contributed by atoms with Gasteiger partial charge >= 0.3 is 24.2 Å². The molecule has 0 aliphatic rings. The second kappa shape index (κ2) is 19.9. The first-order chi connectivity index (χ1) is 22.0. The van der Waals surface area contributed by atoms with Crippen LogP contribution in [0.25, 0.3) is 0 Å². The predicted octanol–water partition coefficient (Wildman–Crippen LogP) is 4.68. The van der Waals surface area contributed by atoms with Gasteiger partial charge in [0.15, 0.2) is 0 Å². The number of hydrogen-bond donors (Lipinski definition) is 2. The van der Waals surface area contributed by atoms with Crippen molar-refractivity contribution in [2.24, 2.45) is 0 Å². The van der Waals surface area contributed by atoms with Crippen LogP contribution in [0.15, 0.2) is 91.0 Å². The molecule has 0 saturated heterocycles. The highest BCUT2D eigenvalue weighted by atomic mass is 16.6. The predicted molar refractivity (Wildman–Crippen MR) is 167 cm³/mol. The van der Waals surface area contributed by atoms with Crippen molar-refractivity contribution >= 4 is 30.1 Å². The lowest BCUT2D eigenvalue weighted by atomic mass is 10.0. The van der Waals surface area contributed by atoms with E-state index < -0.39 is 41.6 Å². The van der Waals surface area contributed by atoms with Gasteiger partial charge in [0, 0.05) is 6.42 Å². The zero-order valence-corrected chi connectivity index (χ0v) is 26.2. The van der Waals surface area contributed by atoms with Crippen LogP contribution in [0.4, 0.5) is 4.79 Å². The number of rotatable bonds is 14. The van der Waals surface area contributed by atoms with E-state index in [1.165, 1.54) is 0 Å². The van der Waals surface area contributed by atoms with E-state index in [2.05, 4.69) is 10.6 Å². The van der Waals surface area contributed by atoms with E-state index in [0.29, 0.717) is 6.42 Å². The molecule has 0 heterocycles. The van der Waals surface area contributed by atoms with Gasteiger partial charge in [-0.2, -0.15) is 9.59 Å². The molecule has 0 spiro atoms. The molecule has 3 rings (SSSR count). The molecule has 46 heavy (non-hydrogen) atoms. The lowest BCUT2D eigenvalue weighted by Crippen LogP contribution is -2.52. The fraction of sp³-hybridized carbons (Fsp3) is 0.343. The molecular weight excluding hydrogens is 592 g/mol. The van der Waals surface area contributed by atoms with Gasteiger partial charge in [0.1, 0.15) is 30.9 Å². The minimum absolute atomic E-state index is 0.00189. The molecule has 0 radical (unpaired) electrons. The third-order valence-electron chi connectivity index (χ3n) is 6.28. The molecule has 3 aromatic rings. The molecule has 0 fully saturated rings. The molecule has 0 aliphatic carbocycles. The second-order valence-electron chi connectivity index (χ2n) is 11.1. The molecule has 2 amide bonds. The molecule has 0 aromatic heterocycles. The van der Waals surface area contributed by atoms with E-state index in [1.807, 2.05) is 91.0 Å². The van der Waals surface area contributed by atoms with Gasteiger partial charge in [0.05, 0.1) is 0 Å². The molecule has 2 unspecified atom stereocenters. The summed E-state index contributed by atoms with van der Waals surface area (Å²) < 4.78 is 16.2. The zero-order valence-electron chi connectivity index (χ0n) is 26.2. The molecule has 244 valence electrons. The Morgan fingerprint density at radius 2 is 1.15 bits per heavy atom. The Bertz CT molecular complexity index is 1400. The van der Waals surface area contributed by atoms with Crippen molar-refractivity contribution in [2.45, 2.75) is 77.4 Å². The second-order valence-corrected chi connectivity index (χ2v) is 11.1. The third kappa shape index (κ3) is 15.4. The van der Waals surface area contributed by atoms with Crippen molar-refractivity contribution in [1.29, 1.82) is 0 Å². The van der Waals surface area contributed by atoms with Gasteiger partial charge in [0.25, 0.3) is 0 Å². The molecule has 0 aliphatic heterocycles. The lowest BCUT2D eigenvalue weighted by molar-refractivity contribution is -0.191. The van der Waals surface area contributed by atoms with E-state index >= 15 is 0 Å². The van der Waals surface area contributed by atoms with Crippen LogP contribution in [0.2, 0.25) is 0 Å². The van der Waals surface area contributed by atoms with Gasteiger partial charge in [-0.1, -0.05) is 91.0 Å². The zero-order chi connectivity index (χ0) is 33.8. The fourth-order valence-corrected chi connectivity index (χ4v) is 4.10. The van der Waals surface area contributed by atoms with Gasteiger partial charge < -0.3 is 24.8 Å². The Morgan fingerprint density at radius 1 is 0.674 bits per heavy atom. The van der Waals surface area contributed by atoms with Gasteiger partial charge in [-0.3, -0.25) is 9.59 Å². The summed E-state index contributed by atoms with van der Waals surface area (Å²) in [7, 11) is 0. The molecule has 2 N–H and O–H groups in total. The average Bonchev–Trinajstić information content (AvgIpc) is 3.03. The third-order valence-corrected chi connectivity index (χ3v) is 6.28. The number of aryl methyl sites for hydroxylation is 1. The van der Waals surface area contributed by atoms with E-state index in [9.17, 15) is 19.2 Å². The van der Waals surface area contributed by atoms with Crippen LogP contribution in [0.3, 0.4) is 0 Å². The highest BCUT2D eigenvalue weighted by Gasteiger charge is 2.29. The van der Waals surface area contributed by atoms with E-state index in [0.717, 1.165) is 16.7 Å². The van der Waals surface area contributed by atoms with Crippen LogP contribution >= 0.6 is 0 Å². The number of benzene rings is 3. The maximum absolute atomic E-state index is 13.5. The number of carbonyl (C=O) groups is 4. The highest BCUT2D eigenvalue weighted by molar-refractivity contribution is 5.90. The van der Waals surface area contributed by atoms with E-state index in [-0.39, 0.29) is 38.6 Å². The minimum atomic E-state index is -1.15. The van der Waals surface area contributed by atoms with Crippen LogP contribution in [0.1, 0.15) is 56.7 Å². The topological polar surface area (TPSA) is 154 Å². The van der Waals surface area contributed by atoms with Crippen molar-refractivity contribution in [3.63, 3.8) is 0 Å². The smallest absolute Gasteiger partial charge is 0.408 e. The Morgan fingerprint density at radius 3 is 1.65 bits per heavy atom. The van der Waals surface area contributed by atoms with Crippen molar-refractivity contribution in [3.05, 3.63) is 108 Å². The summed E-state index contributed by atoms with van der Waals surface area (Å²) in [5.74, 6) is -1.82. The molecule has 3 aromatic carbocycles. The Kier molecular flexibility index (Phi) is 16.0. The van der Waals surface area contributed by atoms with E-state index in [1.54, 1.807) is 20.8 Å². The molecule has 11 nitrogen and oxygen atoms in total. The van der Waals surface area contributed by atoms with Crippen LogP contribution in [0, 0.1) is 0 Å². The first kappa shape index (κ1) is 36.9. The summed E-state index contributed by atoms with van der Waals surface area (Å²) in [4.78, 5) is 68.0. The summed E-state index contributed by atoms with van der Waals surface area (Å²) in [6, 6.07) is 25.7. The fourth-order valence-electron chi connectivity index (χ4n) is 4.10. The SMILES string of the molecule is CC(C)(C)OC(=O)NC(CCc1ccccc1)C(=O)NC(CCC(=O)OCc1ccccc1)C(=O)OCc1ccccc1.O=C=O. The number of ether oxygens (including phenoxy) is 3. The number of amides is 2. The maximum atomic E-state index is 13.5. The summed E-state index contributed by atoms with van der Waals surface area (Å²) >= 11 is 0. The number of hydrogen-bond acceptors (Lipinski definition) is 9. The van der Waals surface area contributed by atoms with Crippen LogP contribution < -0.4 is 10.6 Å². The van der Waals surface area contributed by atoms with Gasteiger partial charge in [-0.25, -0.2) is 9.59 Å².